The Labute approximate surface area is 113 Å². The number of aliphatic imine (C=N–C) groups is 1. The third kappa shape index (κ3) is 4.52. The molecule has 2 aliphatic rings. The summed E-state index contributed by atoms with van der Waals surface area (Å²) < 4.78 is 0. The molecule has 0 saturated heterocycles. The van der Waals surface area contributed by atoms with E-state index >= 15 is 0 Å². The van der Waals surface area contributed by atoms with E-state index < -0.39 is 0 Å². The molecule has 0 aromatic carbocycles. The molecule has 1 aliphatic carbocycles. The molecule has 102 valence electrons. The lowest BCUT2D eigenvalue weighted by atomic mass is 10.1. The lowest BCUT2D eigenvalue weighted by Crippen LogP contribution is -2.27. The summed E-state index contributed by atoms with van der Waals surface area (Å²) in [5.74, 6) is 0.864. The van der Waals surface area contributed by atoms with Crippen molar-refractivity contribution in [2.24, 2.45) is 10.9 Å². The second-order valence-corrected chi connectivity index (χ2v) is 6.65. The normalized spacial score (nSPS) is 23.1. The Bertz CT molecular complexity index is 326. The van der Waals surface area contributed by atoms with Crippen molar-refractivity contribution in [2.45, 2.75) is 50.8 Å². The van der Waals surface area contributed by atoms with Crippen LogP contribution in [0.1, 0.15) is 39.5 Å². The van der Waals surface area contributed by atoms with E-state index in [1.807, 2.05) is 11.8 Å². The number of thioether (sulfide) groups is 1. The van der Waals surface area contributed by atoms with Crippen LogP contribution in [-0.4, -0.2) is 35.5 Å². The van der Waals surface area contributed by atoms with Gasteiger partial charge in [0.15, 0.2) is 5.17 Å². The Balaban J connectivity index is 1.52. The van der Waals surface area contributed by atoms with Crippen molar-refractivity contribution in [3.05, 3.63) is 0 Å². The van der Waals surface area contributed by atoms with Crippen molar-refractivity contribution in [1.29, 1.82) is 0 Å². The first kappa shape index (κ1) is 13.7. The first-order valence-electron chi connectivity index (χ1n) is 6.89. The quantitative estimate of drug-likeness (QED) is 0.723. The molecule has 1 amide bonds. The number of amidine groups is 1. The number of nitrogens with zero attached hydrogens (tertiary/aromatic N) is 1. The van der Waals surface area contributed by atoms with Crippen LogP contribution in [0, 0.1) is 5.92 Å². The SMILES string of the molecule is CC(C)C1CN=C(NCCCC(=O)NC2CC2)S1. The number of nitrogens with one attached hydrogen (secondary N) is 2. The Hall–Kier alpha value is -0.710. The highest BCUT2D eigenvalue weighted by atomic mass is 32.2. The summed E-state index contributed by atoms with van der Waals surface area (Å²) in [6.07, 6.45) is 3.82. The summed E-state index contributed by atoms with van der Waals surface area (Å²) in [5, 5.41) is 7.99. The maximum atomic E-state index is 11.5. The van der Waals surface area contributed by atoms with Gasteiger partial charge in [0.05, 0.1) is 6.54 Å². The number of amides is 1. The highest BCUT2D eigenvalue weighted by Crippen LogP contribution is 2.25. The van der Waals surface area contributed by atoms with E-state index in [0.717, 1.165) is 37.5 Å². The van der Waals surface area contributed by atoms with E-state index in [1.165, 1.54) is 0 Å². The average Bonchev–Trinajstić information content (AvgIpc) is 2.99. The molecular weight excluding hydrogens is 246 g/mol. The summed E-state index contributed by atoms with van der Waals surface area (Å²) >= 11 is 1.84. The minimum Gasteiger partial charge on any atom is -0.365 e. The van der Waals surface area contributed by atoms with Crippen LogP contribution in [0.5, 0.6) is 0 Å². The van der Waals surface area contributed by atoms with E-state index in [0.29, 0.717) is 23.6 Å². The third-order valence-corrected chi connectivity index (χ3v) is 4.71. The van der Waals surface area contributed by atoms with Gasteiger partial charge in [-0.3, -0.25) is 9.79 Å². The predicted octanol–water partition coefficient (Wildman–Crippen LogP) is 1.76. The standard InChI is InChI=1S/C13H23N3OS/c1-9(2)11-8-15-13(18-11)14-7-3-4-12(17)16-10-5-6-10/h9-11H,3-8H2,1-2H3,(H,14,15)(H,16,17). The highest BCUT2D eigenvalue weighted by Gasteiger charge is 2.23. The van der Waals surface area contributed by atoms with Crippen LogP contribution in [0.4, 0.5) is 0 Å². The van der Waals surface area contributed by atoms with Crippen molar-refractivity contribution >= 4 is 22.8 Å². The molecule has 0 radical (unpaired) electrons. The fourth-order valence-electron chi connectivity index (χ4n) is 1.81. The van der Waals surface area contributed by atoms with Crippen LogP contribution in [0.15, 0.2) is 4.99 Å². The molecule has 1 aliphatic heterocycles. The Kier molecular flexibility index (Phi) is 4.92. The van der Waals surface area contributed by atoms with Crippen molar-refractivity contribution in [1.82, 2.24) is 10.6 Å². The zero-order valence-electron chi connectivity index (χ0n) is 11.2. The van der Waals surface area contributed by atoms with Crippen molar-refractivity contribution in [3.63, 3.8) is 0 Å². The zero-order valence-corrected chi connectivity index (χ0v) is 12.1. The molecule has 1 heterocycles. The van der Waals surface area contributed by atoms with Crippen molar-refractivity contribution in [2.75, 3.05) is 13.1 Å². The first-order valence-corrected chi connectivity index (χ1v) is 7.77. The van der Waals surface area contributed by atoms with Gasteiger partial charge in [0.25, 0.3) is 0 Å². The summed E-state index contributed by atoms with van der Waals surface area (Å²) in [7, 11) is 0. The van der Waals surface area contributed by atoms with Crippen molar-refractivity contribution in [3.8, 4) is 0 Å². The Morgan fingerprint density at radius 2 is 2.28 bits per heavy atom. The molecule has 0 aromatic heterocycles. The number of rotatable bonds is 6. The Morgan fingerprint density at radius 1 is 1.50 bits per heavy atom. The monoisotopic (exact) mass is 269 g/mol. The molecule has 2 N–H and O–H groups in total. The van der Waals surface area contributed by atoms with Crippen molar-refractivity contribution < 1.29 is 4.79 Å². The van der Waals surface area contributed by atoms with E-state index in [9.17, 15) is 4.79 Å². The van der Waals surface area contributed by atoms with Crippen LogP contribution in [0.2, 0.25) is 0 Å². The number of hydrogen-bond donors (Lipinski definition) is 2. The van der Waals surface area contributed by atoms with Gasteiger partial charge in [0, 0.05) is 24.3 Å². The van der Waals surface area contributed by atoms with Crippen LogP contribution >= 0.6 is 11.8 Å². The minimum atomic E-state index is 0.195. The first-order chi connectivity index (χ1) is 8.65. The number of carbonyl (C=O) groups excluding carboxylic acids is 1. The molecule has 1 unspecified atom stereocenters. The van der Waals surface area contributed by atoms with Crippen LogP contribution in [-0.2, 0) is 4.79 Å². The second-order valence-electron chi connectivity index (χ2n) is 5.42. The van der Waals surface area contributed by atoms with Gasteiger partial charge in [-0.1, -0.05) is 25.6 Å². The van der Waals surface area contributed by atoms with Gasteiger partial charge in [-0.25, -0.2) is 0 Å². The molecule has 0 aromatic rings. The molecule has 1 saturated carbocycles. The molecule has 1 fully saturated rings. The molecule has 18 heavy (non-hydrogen) atoms. The van der Waals surface area contributed by atoms with E-state index in [4.69, 9.17) is 0 Å². The fourth-order valence-corrected chi connectivity index (χ4v) is 2.85. The summed E-state index contributed by atoms with van der Waals surface area (Å²) in [6, 6.07) is 0.479. The number of carbonyl (C=O) groups is 1. The van der Waals surface area contributed by atoms with Gasteiger partial charge in [0.2, 0.25) is 5.91 Å². The second kappa shape index (κ2) is 6.45. The molecule has 1 atom stereocenters. The van der Waals surface area contributed by atoms with E-state index in [1.54, 1.807) is 0 Å². The molecule has 4 nitrogen and oxygen atoms in total. The van der Waals surface area contributed by atoms with Gasteiger partial charge >= 0.3 is 0 Å². The van der Waals surface area contributed by atoms with Gasteiger partial charge in [-0.05, 0) is 25.2 Å². The lowest BCUT2D eigenvalue weighted by Gasteiger charge is -2.12. The molecule has 0 bridgehead atoms. The number of hydrogen-bond acceptors (Lipinski definition) is 4. The minimum absolute atomic E-state index is 0.195. The maximum Gasteiger partial charge on any atom is 0.220 e. The smallest absolute Gasteiger partial charge is 0.220 e. The largest absolute Gasteiger partial charge is 0.365 e. The highest BCUT2D eigenvalue weighted by molar-refractivity contribution is 8.14. The van der Waals surface area contributed by atoms with Gasteiger partial charge in [-0.15, -0.1) is 0 Å². The lowest BCUT2D eigenvalue weighted by molar-refractivity contribution is -0.121. The maximum absolute atomic E-state index is 11.5. The fraction of sp³-hybridized carbons (Fsp3) is 0.846. The predicted molar refractivity (Wildman–Crippen MR) is 76.9 cm³/mol. The summed E-state index contributed by atoms with van der Waals surface area (Å²) in [4.78, 5) is 15.9. The van der Waals surface area contributed by atoms with Crippen LogP contribution in [0.25, 0.3) is 0 Å². The van der Waals surface area contributed by atoms with Gasteiger partial charge in [-0.2, -0.15) is 0 Å². The molecule has 0 spiro atoms. The molecule has 5 heteroatoms. The third-order valence-electron chi connectivity index (χ3n) is 3.22. The summed E-state index contributed by atoms with van der Waals surface area (Å²) in [6.45, 7) is 6.23. The van der Waals surface area contributed by atoms with Crippen LogP contribution in [0.3, 0.4) is 0 Å². The topological polar surface area (TPSA) is 53.5 Å². The Morgan fingerprint density at radius 3 is 2.89 bits per heavy atom. The van der Waals surface area contributed by atoms with E-state index in [-0.39, 0.29) is 5.91 Å². The van der Waals surface area contributed by atoms with Crippen LogP contribution < -0.4 is 10.6 Å². The zero-order chi connectivity index (χ0) is 13.0. The van der Waals surface area contributed by atoms with Gasteiger partial charge < -0.3 is 10.6 Å². The molecular formula is C13H23N3OS. The average molecular weight is 269 g/mol. The molecule has 2 rings (SSSR count). The van der Waals surface area contributed by atoms with Gasteiger partial charge in [0.1, 0.15) is 0 Å². The van der Waals surface area contributed by atoms with E-state index in [2.05, 4.69) is 29.5 Å². The summed E-state index contributed by atoms with van der Waals surface area (Å²) in [5.41, 5.74) is 0.